The average molecular weight is 430 g/mol. The number of carbonyl (C=O) groups is 2. The highest BCUT2D eigenvalue weighted by Gasteiger charge is 2.36. The molecule has 2 amide bonds. The van der Waals surface area contributed by atoms with Crippen molar-refractivity contribution in [3.8, 4) is 11.6 Å². The highest BCUT2D eigenvalue weighted by Crippen LogP contribution is 2.27. The summed E-state index contributed by atoms with van der Waals surface area (Å²) in [6, 6.07) is 22.5. The molecule has 0 spiro atoms. The second kappa shape index (κ2) is 9.22. The minimum absolute atomic E-state index is 0.0743. The summed E-state index contributed by atoms with van der Waals surface area (Å²) >= 11 is 0. The standard InChI is InChI=1S/C26H27N3O3/c1-26(2,20-10-5-3-6-11-20)25(31)29-18-16-28(17-19-29)24(30)22-14-9-15-27-23(22)32-21-12-7-4-8-13-21/h3-15H,16-19H2,1-2H3. The fourth-order valence-corrected chi connectivity index (χ4v) is 3.89. The number of rotatable bonds is 5. The molecule has 1 aliphatic heterocycles. The maximum absolute atomic E-state index is 13.2. The number of amides is 2. The van der Waals surface area contributed by atoms with Crippen LogP contribution in [0.3, 0.4) is 0 Å². The zero-order chi connectivity index (χ0) is 22.6. The number of hydrogen-bond acceptors (Lipinski definition) is 4. The Labute approximate surface area is 188 Å². The molecule has 1 saturated heterocycles. The van der Waals surface area contributed by atoms with Crippen molar-refractivity contribution >= 4 is 11.8 Å². The van der Waals surface area contributed by atoms with Gasteiger partial charge < -0.3 is 14.5 Å². The van der Waals surface area contributed by atoms with Crippen molar-refractivity contribution in [1.29, 1.82) is 0 Å². The van der Waals surface area contributed by atoms with Crippen molar-refractivity contribution in [3.63, 3.8) is 0 Å². The Hall–Kier alpha value is -3.67. The molecule has 0 unspecified atom stereocenters. The summed E-state index contributed by atoms with van der Waals surface area (Å²) in [4.78, 5) is 34.3. The van der Waals surface area contributed by atoms with Gasteiger partial charge in [0.2, 0.25) is 11.8 Å². The van der Waals surface area contributed by atoms with Gasteiger partial charge >= 0.3 is 0 Å². The summed E-state index contributed by atoms with van der Waals surface area (Å²) in [5.74, 6) is 0.843. The van der Waals surface area contributed by atoms with Gasteiger partial charge in [-0.2, -0.15) is 0 Å². The number of benzene rings is 2. The van der Waals surface area contributed by atoms with Crippen molar-refractivity contribution < 1.29 is 14.3 Å². The first-order chi connectivity index (χ1) is 15.5. The van der Waals surface area contributed by atoms with Crippen molar-refractivity contribution in [2.75, 3.05) is 26.2 Å². The van der Waals surface area contributed by atoms with Crippen LogP contribution in [0.1, 0.15) is 29.8 Å². The maximum Gasteiger partial charge on any atom is 0.259 e. The molecule has 32 heavy (non-hydrogen) atoms. The second-order valence-corrected chi connectivity index (χ2v) is 8.35. The first-order valence-corrected chi connectivity index (χ1v) is 10.8. The van der Waals surface area contributed by atoms with Crippen molar-refractivity contribution in [1.82, 2.24) is 14.8 Å². The molecule has 0 radical (unpaired) electrons. The summed E-state index contributed by atoms with van der Waals surface area (Å²) in [6.45, 7) is 5.83. The van der Waals surface area contributed by atoms with Gasteiger partial charge in [0, 0.05) is 32.4 Å². The largest absolute Gasteiger partial charge is 0.438 e. The van der Waals surface area contributed by atoms with E-state index >= 15 is 0 Å². The molecule has 1 fully saturated rings. The van der Waals surface area contributed by atoms with Crippen LogP contribution in [0, 0.1) is 0 Å². The monoisotopic (exact) mass is 429 g/mol. The summed E-state index contributed by atoms with van der Waals surface area (Å²) in [5, 5.41) is 0. The van der Waals surface area contributed by atoms with E-state index in [0.29, 0.717) is 37.5 Å². The van der Waals surface area contributed by atoms with Gasteiger partial charge in [-0.1, -0.05) is 48.5 Å². The zero-order valence-corrected chi connectivity index (χ0v) is 18.4. The molecule has 3 aromatic rings. The minimum atomic E-state index is -0.618. The quantitative estimate of drug-likeness (QED) is 0.612. The van der Waals surface area contributed by atoms with E-state index in [0.717, 1.165) is 5.56 Å². The predicted molar refractivity (Wildman–Crippen MR) is 123 cm³/mol. The van der Waals surface area contributed by atoms with E-state index in [9.17, 15) is 9.59 Å². The van der Waals surface area contributed by atoms with E-state index in [4.69, 9.17) is 4.74 Å². The van der Waals surface area contributed by atoms with Crippen molar-refractivity contribution in [3.05, 3.63) is 90.1 Å². The third-order valence-electron chi connectivity index (χ3n) is 5.84. The number of ether oxygens (including phenoxy) is 1. The molecule has 0 N–H and O–H groups in total. The molecule has 0 aliphatic carbocycles. The molecule has 2 aromatic carbocycles. The Bertz CT molecular complexity index is 1080. The molecular weight excluding hydrogens is 402 g/mol. The lowest BCUT2D eigenvalue weighted by molar-refractivity contribution is -0.137. The normalized spacial score (nSPS) is 14.2. The fraction of sp³-hybridized carbons (Fsp3) is 0.269. The Morgan fingerprint density at radius 3 is 2.06 bits per heavy atom. The van der Waals surface area contributed by atoms with Crippen LogP contribution in [0.25, 0.3) is 0 Å². The van der Waals surface area contributed by atoms with E-state index < -0.39 is 5.41 Å². The first kappa shape index (κ1) is 21.6. The fourth-order valence-electron chi connectivity index (χ4n) is 3.89. The van der Waals surface area contributed by atoms with Gasteiger partial charge in [-0.05, 0) is 43.7 Å². The number of para-hydroxylation sites is 1. The van der Waals surface area contributed by atoms with Crippen LogP contribution in [0.5, 0.6) is 11.6 Å². The van der Waals surface area contributed by atoms with Crippen LogP contribution < -0.4 is 4.74 Å². The zero-order valence-electron chi connectivity index (χ0n) is 18.4. The van der Waals surface area contributed by atoms with Crippen LogP contribution in [-0.2, 0) is 10.2 Å². The minimum Gasteiger partial charge on any atom is -0.438 e. The molecule has 6 nitrogen and oxygen atoms in total. The number of pyridine rings is 1. The van der Waals surface area contributed by atoms with Crippen LogP contribution in [0.4, 0.5) is 0 Å². The summed E-state index contributed by atoms with van der Waals surface area (Å²) in [5.41, 5.74) is 0.787. The number of nitrogens with zero attached hydrogens (tertiary/aromatic N) is 3. The lowest BCUT2D eigenvalue weighted by atomic mass is 9.83. The SMILES string of the molecule is CC(C)(C(=O)N1CCN(C(=O)c2cccnc2Oc2ccccc2)CC1)c1ccccc1. The number of carbonyl (C=O) groups excluding carboxylic acids is 2. The van der Waals surface area contributed by atoms with Gasteiger partial charge in [0.25, 0.3) is 5.91 Å². The highest BCUT2D eigenvalue weighted by atomic mass is 16.5. The van der Waals surface area contributed by atoms with Crippen LogP contribution >= 0.6 is 0 Å². The number of aromatic nitrogens is 1. The molecule has 1 aromatic heterocycles. The van der Waals surface area contributed by atoms with Gasteiger partial charge in [0.1, 0.15) is 11.3 Å². The van der Waals surface area contributed by atoms with E-state index in [1.165, 1.54) is 0 Å². The molecule has 164 valence electrons. The van der Waals surface area contributed by atoms with Gasteiger partial charge in [0.05, 0.1) is 5.41 Å². The Kier molecular flexibility index (Phi) is 6.21. The molecule has 0 atom stereocenters. The topological polar surface area (TPSA) is 62.7 Å². The van der Waals surface area contributed by atoms with Crippen molar-refractivity contribution in [2.45, 2.75) is 19.3 Å². The molecule has 4 rings (SSSR count). The van der Waals surface area contributed by atoms with Crippen LogP contribution in [-0.4, -0.2) is 52.8 Å². The van der Waals surface area contributed by atoms with E-state index in [1.54, 1.807) is 23.2 Å². The van der Waals surface area contributed by atoms with E-state index in [2.05, 4.69) is 4.98 Å². The highest BCUT2D eigenvalue weighted by molar-refractivity contribution is 5.96. The maximum atomic E-state index is 13.2. The molecule has 0 saturated carbocycles. The number of piperazine rings is 1. The summed E-state index contributed by atoms with van der Waals surface area (Å²) < 4.78 is 5.85. The summed E-state index contributed by atoms with van der Waals surface area (Å²) in [6.07, 6.45) is 1.61. The van der Waals surface area contributed by atoms with Gasteiger partial charge in [-0.3, -0.25) is 9.59 Å². The Balaban J connectivity index is 1.43. The molecule has 1 aliphatic rings. The van der Waals surface area contributed by atoms with Gasteiger partial charge in [-0.15, -0.1) is 0 Å². The van der Waals surface area contributed by atoms with E-state index in [-0.39, 0.29) is 17.7 Å². The lowest BCUT2D eigenvalue weighted by Gasteiger charge is -2.38. The smallest absolute Gasteiger partial charge is 0.259 e. The van der Waals surface area contributed by atoms with Crippen molar-refractivity contribution in [2.24, 2.45) is 0 Å². The molecule has 2 heterocycles. The average Bonchev–Trinajstić information content (AvgIpc) is 2.85. The number of hydrogen-bond donors (Lipinski definition) is 0. The third-order valence-corrected chi connectivity index (χ3v) is 5.84. The first-order valence-electron chi connectivity index (χ1n) is 10.8. The predicted octanol–water partition coefficient (Wildman–Crippen LogP) is 4.14. The second-order valence-electron chi connectivity index (χ2n) is 8.35. The van der Waals surface area contributed by atoms with E-state index in [1.807, 2.05) is 79.4 Å². The summed E-state index contributed by atoms with van der Waals surface area (Å²) in [7, 11) is 0. The van der Waals surface area contributed by atoms with Gasteiger partial charge in [-0.25, -0.2) is 4.98 Å². The Morgan fingerprint density at radius 2 is 1.41 bits per heavy atom. The molecule has 0 bridgehead atoms. The molecular formula is C26H27N3O3. The Morgan fingerprint density at radius 1 is 0.812 bits per heavy atom. The van der Waals surface area contributed by atoms with Gasteiger partial charge in [0.15, 0.2) is 0 Å². The molecule has 6 heteroatoms. The van der Waals surface area contributed by atoms with Crippen LogP contribution in [0.2, 0.25) is 0 Å². The third kappa shape index (κ3) is 4.49. The van der Waals surface area contributed by atoms with Crippen LogP contribution in [0.15, 0.2) is 79.0 Å². The lowest BCUT2D eigenvalue weighted by Crippen LogP contribution is -2.54.